The number of amides is 2. The van der Waals surface area contributed by atoms with Crippen LogP contribution >= 0.6 is 0 Å². The van der Waals surface area contributed by atoms with Crippen LogP contribution < -0.4 is 5.32 Å². The molecule has 0 saturated carbocycles. The number of hydrogen-bond acceptors (Lipinski definition) is 4. The van der Waals surface area contributed by atoms with E-state index in [4.69, 9.17) is 4.74 Å². The topological polar surface area (TPSA) is 58.6 Å². The van der Waals surface area contributed by atoms with Gasteiger partial charge in [0.05, 0.1) is 6.04 Å². The molecule has 0 spiro atoms. The first kappa shape index (κ1) is 17.2. The summed E-state index contributed by atoms with van der Waals surface area (Å²) in [6.45, 7) is 7.88. The van der Waals surface area contributed by atoms with Crippen LogP contribution in [0.15, 0.2) is 42.5 Å². The summed E-state index contributed by atoms with van der Waals surface area (Å²) in [7, 11) is 0. The first-order valence-electron chi connectivity index (χ1n) is 7.80. The number of nitrogens with zero attached hydrogens (tertiary/aromatic N) is 1. The molecule has 0 saturated heterocycles. The molecule has 0 fully saturated rings. The fraction of sp³-hybridized carbons (Fsp3) is 0.444. The van der Waals surface area contributed by atoms with Crippen LogP contribution in [-0.2, 0) is 9.53 Å². The first-order valence-corrected chi connectivity index (χ1v) is 7.80. The van der Waals surface area contributed by atoms with E-state index >= 15 is 0 Å². The van der Waals surface area contributed by atoms with Gasteiger partial charge in [0, 0.05) is 18.7 Å². The first-order chi connectivity index (χ1) is 10.8. The molecule has 1 aromatic carbocycles. The van der Waals surface area contributed by atoms with Crippen molar-refractivity contribution in [2.24, 2.45) is 0 Å². The van der Waals surface area contributed by atoms with Crippen molar-refractivity contribution in [1.29, 1.82) is 0 Å². The van der Waals surface area contributed by atoms with Gasteiger partial charge in [-0.1, -0.05) is 36.4 Å². The van der Waals surface area contributed by atoms with Gasteiger partial charge < -0.3 is 10.1 Å². The van der Waals surface area contributed by atoms with E-state index in [9.17, 15) is 9.59 Å². The summed E-state index contributed by atoms with van der Waals surface area (Å²) < 4.78 is 5.31. The molecule has 2 atom stereocenters. The van der Waals surface area contributed by atoms with Crippen LogP contribution in [0.3, 0.4) is 0 Å². The summed E-state index contributed by atoms with van der Waals surface area (Å²) >= 11 is 0. The SMILES string of the molecule is C[C@@H](NCC1C=CC(=O)N1C(=O)OC(C)(C)C)c1ccccc1. The van der Waals surface area contributed by atoms with Crippen molar-refractivity contribution in [2.45, 2.75) is 45.4 Å². The molecule has 1 unspecified atom stereocenters. The maximum Gasteiger partial charge on any atom is 0.417 e. The standard InChI is InChI=1S/C18H24N2O3/c1-13(14-8-6-5-7-9-14)19-12-15-10-11-16(21)20(15)17(22)23-18(2,3)4/h5-11,13,15,19H,12H2,1-4H3/t13-,15?/m1/s1. The Hall–Kier alpha value is -2.14. The normalized spacial score (nSPS) is 19.0. The smallest absolute Gasteiger partial charge is 0.417 e. The highest BCUT2D eigenvalue weighted by Gasteiger charge is 2.34. The number of benzene rings is 1. The molecule has 1 aliphatic rings. The van der Waals surface area contributed by atoms with Gasteiger partial charge in [0.15, 0.2) is 0 Å². The summed E-state index contributed by atoms with van der Waals surface area (Å²) in [5.74, 6) is -0.335. The van der Waals surface area contributed by atoms with Crippen LogP contribution in [0.4, 0.5) is 4.79 Å². The largest absolute Gasteiger partial charge is 0.443 e. The number of ether oxygens (including phenoxy) is 1. The quantitative estimate of drug-likeness (QED) is 0.927. The van der Waals surface area contributed by atoms with Gasteiger partial charge in [0.1, 0.15) is 5.60 Å². The molecule has 2 rings (SSSR count). The third kappa shape index (κ3) is 4.66. The van der Waals surface area contributed by atoms with E-state index < -0.39 is 11.7 Å². The van der Waals surface area contributed by atoms with Crippen LogP contribution in [0.1, 0.15) is 39.3 Å². The predicted octanol–water partition coefficient (Wildman–Crippen LogP) is 3.04. The summed E-state index contributed by atoms with van der Waals surface area (Å²) in [6, 6.07) is 9.82. The Balaban J connectivity index is 1.97. The number of carbonyl (C=O) groups is 2. The van der Waals surface area contributed by atoms with Crippen molar-refractivity contribution in [3.63, 3.8) is 0 Å². The van der Waals surface area contributed by atoms with Crippen LogP contribution in [0.5, 0.6) is 0 Å². The van der Waals surface area contributed by atoms with Crippen LogP contribution in [0.25, 0.3) is 0 Å². The minimum Gasteiger partial charge on any atom is -0.443 e. The Labute approximate surface area is 137 Å². The molecule has 1 aliphatic heterocycles. The molecular weight excluding hydrogens is 292 g/mol. The average Bonchev–Trinajstić information content (AvgIpc) is 2.85. The summed E-state index contributed by atoms with van der Waals surface area (Å²) in [5.41, 5.74) is 0.527. The fourth-order valence-corrected chi connectivity index (χ4v) is 2.38. The number of hydrogen-bond donors (Lipinski definition) is 1. The van der Waals surface area contributed by atoms with Crippen molar-refractivity contribution < 1.29 is 14.3 Å². The number of rotatable bonds is 4. The number of carbonyl (C=O) groups excluding carboxylic acids is 2. The van der Waals surface area contributed by atoms with E-state index in [1.165, 1.54) is 6.08 Å². The molecular formula is C18H24N2O3. The Bertz CT molecular complexity index is 590. The van der Waals surface area contributed by atoms with Crippen molar-refractivity contribution in [1.82, 2.24) is 10.2 Å². The average molecular weight is 316 g/mol. The second kappa shape index (κ2) is 6.96. The fourth-order valence-electron chi connectivity index (χ4n) is 2.38. The summed E-state index contributed by atoms with van der Waals surface area (Å²) in [4.78, 5) is 25.3. The number of nitrogens with one attached hydrogen (secondary N) is 1. The molecule has 0 aliphatic carbocycles. The van der Waals surface area contributed by atoms with E-state index in [0.717, 1.165) is 10.5 Å². The van der Waals surface area contributed by atoms with Gasteiger partial charge in [-0.15, -0.1) is 0 Å². The summed E-state index contributed by atoms with van der Waals surface area (Å²) in [5, 5.41) is 3.36. The Morgan fingerprint density at radius 1 is 1.30 bits per heavy atom. The molecule has 0 bridgehead atoms. The van der Waals surface area contributed by atoms with Gasteiger partial charge in [-0.2, -0.15) is 0 Å². The molecule has 2 amide bonds. The van der Waals surface area contributed by atoms with Gasteiger partial charge in [-0.05, 0) is 33.3 Å². The molecule has 0 radical (unpaired) electrons. The maximum atomic E-state index is 12.2. The molecule has 5 nitrogen and oxygen atoms in total. The molecule has 0 aromatic heterocycles. The zero-order valence-electron chi connectivity index (χ0n) is 14.1. The highest BCUT2D eigenvalue weighted by Crippen LogP contribution is 2.18. The molecule has 1 N–H and O–H groups in total. The van der Waals surface area contributed by atoms with E-state index in [1.54, 1.807) is 26.8 Å². The molecule has 1 aromatic rings. The Kier molecular flexibility index (Phi) is 5.21. The number of imide groups is 1. The molecule has 1 heterocycles. The third-order valence-corrected chi connectivity index (χ3v) is 3.55. The lowest BCUT2D eigenvalue weighted by Gasteiger charge is -2.28. The highest BCUT2D eigenvalue weighted by atomic mass is 16.6. The minimum absolute atomic E-state index is 0.126. The van der Waals surface area contributed by atoms with Crippen molar-refractivity contribution in [3.8, 4) is 0 Å². The van der Waals surface area contributed by atoms with Crippen LogP contribution in [-0.4, -0.2) is 35.1 Å². The van der Waals surface area contributed by atoms with Crippen molar-refractivity contribution in [2.75, 3.05) is 6.54 Å². The lowest BCUT2D eigenvalue weighted by molar-refractivity contribution is -0.125. The monoisotopic (exact) mass is 316 g/mol. The van der Waals surface area contributed by atoms with E-state index in [1.807, 2.05) is 37.3 Å². The van der Waals surface area contributed by atoms with E-state index in [2.05, 4.69) is 5.32 Å². The lowest BCUT2D eigenvalue weighted by Crippen LogP contribution is -2.46. The molecule has 23 heavy (non-hydrogen) atoms. The lowest BCUT2D eigenvalue weighted by atomic mass is 10.1. The predicted molar refractivity (Wildman–Crippen MR) is 88.9 cm³/mol. The van der Waals surface area contributed by atoms with Gasteiger partial charge >= 0.3 is 6.09 Å². The van der Waals surface area contributed by atoms with Gasteiger partial charge in [-0.3, -0.25) is 4.79 Å². The maximum absolute atomic E-state index is 12.2. The van der Waals surface area contributed by atoms with E-state index in [-0.39, 0.29) is 18.0 Å². The second-order valence-electron chi connectivity index (χ2n) is 6.66. The van der Waals surface area contributed by atoms with Gasteiger partial charge in [0.25, 0.3) is 5.91 Å². The zero-order chi connectivity index (χ0) is 17.0. The van der Waals surface area contributed by atoms with Crippen LogP contribution in [0.2, 0.25) is 0 Å². The van der Waals surface area contributed by atoms with Crippen molar-refractivity contribution in [3.05, 3.63) is 48.0 Å². The van der Waals surface area contributed by atoms with Gasteiger partial charge in [0.2, 0.25) is 0 Å². The second-order valence-corrected chi connectivity index (χ2v) is 6.66. The van der Waals surface area contributed by atoms with Crippen molar-refractivity contribution >= 4 is 12.0 Å². The molecule has 5 heteroatoms. The Morgan fingerprint density at radius 3 is 2.57 bits per heavy atom. The van der Waals surface area contributed by atoms with Gasteiger partial charge in [-0.25, -0.2) is 9.69 Å². The van der Waals surface area contributed by atoms with Crippen LogP contribution in [0, 0.1) is 0 Å². The molecule has 124 valence electrons. The summed E-state index contributed by atoms with van der Waals surface area (Å²) in [6.07, 6.45) is 2.55. The third-order valence-electron chi connectivity index (χ3n) is 3.55. The minimum atomic E-state index is -0.630. The van der Waals surface area contributed by atoms with E-state index in [0.29, 0.717) is 6.54 Å². The zero-order valence-corrected chi connectivity index (χ0v) is 14.1. The Morgan fingerprint density at radius 2 is 1.96 bits per heavy atom. The highest BCUT2D eigenvalue weighted by molar-refractivity contribution is 6.01.